The Morgan fingerprint density at radius 3 is 2.81 bits per heavy atom. The summed E-state index contributed by atoms with van der Waals surface area (Å²) in [5, 5.41) is 2.38. The van der Waals surface area contributed by atoms with E-state index in [2.05, 4.69) is 5.32 Å². The summed E-state index contributed by atoms with van der Waals surface area (Å²) in [4.78, 5) is 25.4. The first-order valence-electron chi connectivity index (χ1n) is 7.02. The second kappa shape index (κ2) is 6.69. The third-order valence-electron chi connectivity index (χ3n) is 3.69. The summed E-state index contributed by atoms with van der Waals surface area (Å²) in [7, 11) is 1.60. The number of nitrogens with one attached hydrogen (secondary N) is 1. The minimum Gasteiger partial charge on any atom is -0.496 e. The highest BCUT2D eigenvalue weighted by Gasteiger charge is 2.32. The van der Waals surface area contributed by atoms with Gasteiger partial charge in [-0.15, -0.1) is 0 Å². The van der Waals surface area contributed by atoms with Crippen LogP contribution >= 0.6 is 0 Å². The van der Waals surface area contributed by atoms with Gasteiger partial charge in [0.1, 0.15) is 5.75 Å². The number of nitrogens with zero attached hydrogens (tertiary/aromatic N) is 1. The van der Waals surface area contributed by atoms with E-state index in [0.717, 1.165) is 16.9 Å². The highest BCUT2D eigenvalue weighted by molar-refractivity contribution is 6.01. The van der Waals surface area contributed by atoms with E-state index in [1.54, 1.807) is 7.11 Å². The molecule has 1 saturated heterocycles. The highest BCUT2D eigenvalue weighted by Crippen LogP contribution is 2.23. The van der Waals surface area contributed by atoms with Crippen molar-refractivity contribution in [3.8, 4) is 5.75 Å². The Morgan fingerprint density at radius 1 is 1.43 bits per heavy atom. The van der Waals surface area contributed by atoms with Gasteiger partial charge >= 0.3 is 0 Å². The summed E-state index contributed by atoms with van der Waals surface area (Å²) < 4.78 is 5.36. The van der Waals surface area contributed by atoms with Gasteiger partial charge in [-0.2, -0.15) is 0 Å². The summed E-state index contributed by atoms with van der Waals surface area (Å²) in [5.74, 6) is 0.238. The third-order valence-corrected chi connectivity index (χ3v) is 3.69. The number of hydrogen-bond acceptors (Lipinski definition) is 5. The van der Waals surface area contributed by atoms with Crippen LogP contribution in [0.4, 0.5) is 0 Å². The van der Waals surface area contributed by atoms with E-state index in [4.69, 9.17) is 10.5 Å². The van der Waals surface area contributed by atoms with Crippen molar-refractivity contribution < 1.29 is 14.3 Å². The Bertz CT molecular complexity index is 545. The SMILES string of the molecule is CCC1C(=O)NC(=O)CN1Cc1cc(CN)ccc1OC. The summed E-state index contributed by atoms with van der Waals surface area (Å²) in [6, 6.07) is 5.44. The predicted molar refractivity (Wildman–Crippen MR) is 78.5 cm³/mol. The van der Waals surface area contributed by atoms with Gasteiger partial charge in [-0.3, -0.25) is 19.8 Å². The van der Waals surface area contributed by atoms with E-state index >= 15 is 0 Å². The van der Waals surface area contributed by atoms with E-state index in [-0.39, 0.29) is 24.4 Å². The van der Waals surface area contributed by atoms with Crippen LogP contribution in [0.15, 0.2) is 18.2 Å². The molecule has 0 bridgehead atoms. The minimum atomic E-state index is -0.297. The van der Waals surface area contributed by atoms with Gasteiger partial charge in [-0.05, 0) is 24.1 Å². The van der Waals surface area contributed by atoms with Crippen LogP contribution in [-0.4, -0.2) is 36.4 Å². The van der Waals surface area contributed by atoms with Crippen molar-refractivity contribution in [1.29, 1.82) is 0 Å². The van der Waals surface area contributed by atoms with Crippen LogP contribution in [0.2, 0.25) is 0 Å². The Balaban J connectivity index is 2.26. The van der Waals surface area contributed by atoms with Crippen LogP contribution in [-0.2, 0) is 22.7 Å². The minimum absolute atomic E-state index is 0.209. The average Bonchev–Trinajstić information content (AvgIpc) is 2.46. The number of amides is 2. The maximum Gasteiger partial charge on any atom is 0.243 e. The number of ether oxygens (including phenoxy) is 1. The standard InChI is InChI=1S/C15H21N3O3/c1-3-12-15(20)17-14(19)9-18(12)8-11-6-10(7-16)4-5-13(11)21-2/h4-6,12H,3,7-9,16H2,1-2H3,(H,17,19,20). The van der Waals surface area contributed by atoms with Crippen LogP contribution in [0.5, 0.6) is 5.75 Å². The number of carbonyl (C=O) groups is 2. The van der Waals surface area contributed by atoms with Crippen LogP contribution in [0.3, 0.4) is 0 Å². The van der Waals surface area contributed by atoms with E-state index < -0.39 is 0 Å². The summed E-state index contributed by atoms with van der Waals surface area (Å²) in [6.45, 7) is 3.06. The molecule has 1 aromatic rings. The van der Waals surface area contributed by atoms with Gasteiger partial charge in [0.15, 0.2) is 0 Å². The lowest BCUT2D eigenvalue weighted by Gasteiger charge is -2.33. The molecule has 6 heteroatoms. The molecule has 0 spiro atoms. The molecule has 6 nitrogen and oxygen atoms in total. The van der Waals surface area contributed by atoms with E-state index in [0.29, 0.717) is 19.5 Å². The van der Waals surface area contributed by atoms with Gasteiger partial charge in [-0.25, -0.2) is 0 Å². The van der Waals surface area contributed by atoms with Crippen molar-refractivity contribution in [2.75, 3.05) is 13.7 Å². The van der Waals surface area contributed by atoms with Gasteiger partial charge in [0.05, 0.1) is 19.7 Å². The van der Waals surface area contributed by atoms with Crippen molar-refractivity contribution in [3.63, 3.8) is 0 Å². The van der Waals surface area contributed by atoms with Crippen LogP contribution < -0.4 is 15.8 Å². The fraction of sp³-hybridized carbons (Fsp3) is 0.467. The Hall–Kier alpha value is -1.92. The highest BCUT2D eigenvalue weighted by atomic mass is 16.5. The first-order chi connectivity index (χ1) is 10.1. The number of nitrogens with two attached hydrogens (primary N) is 1. The Kier molecular flexibility index (Phi) is 4.93. The summed E-state index contributed by atoms with van der Waals surface area (Å²) >= 11 is 0. The first-order valence-corrected chi connectivity index (χ1v) is 7.02. The zero-order chi connectivity index (χ0) is 15.4. The number of carbonyl (C=O) groups excluding carboxylic acids is 2. The van der Waals surface area contributed by atoms with Gasteiger partial charge in [0.25, 0.3) is 0 Å². The van der Waals surface area contributed by atoms with Crippen LogP contribution in [0, 0.1) is 0 Å². The second-order valence-corrected chi connectivity index (χ2v) is 5.09. The fourth-order valence-corrected chi connectivity index (χ4v) is 2.63. The van der Waals surface area contributed by atoms with Gasteiger partial charge in [0.2, 0.25) is 11.8 Å². The molecule has 3 N–H and O–H groups in total. The number of methoxy groups -OCH3 is 1. The molecule has 0 aromatic heterocycles. The Morgan fingerprint density at radius 2 is 2.19 bits per heavy atom. The molecule has 1 aliphatic heterocycles. The normalized spacial score (nSPS) is 19.5. The fourth-order valence-electron chi connectivity index (χ4n) is 2.63. The Labute approximate surface area is 124 Å². The molecular weight excluding hydrogens is 270 g/mol. The number of benzene rings is 1. The van der Waals surface area contributed by atoms with Gasteiger partial charge in [-0.1, -0.05) is 13.0 Å². The average molecular weight is 291 g/mol. The molecule has 0 aliphatic carbocycles. The van der Waals surface area contributed by atoms with Gasteiger partial charge < -0.3 is 10.5 Å². The molecule has 1 fully saturated rings. The molecule has 2 rings (SSSR count). The predicted octanol–water partition coefficient (Wildman–Crippen LogP) is 0.391. The van der Waals surface area contributed by atoms with E-state index in [1.807, 2.05) is 30.0 Å². The maximum atomic E-state index is 11.9. The quantitative estimate of drug-likeness (QED) is 0.767. The number of imide groups is 1. The van der Waals surface area contributed by atoms with Crippen molar-refractivity contribution >= 4 is 11.8 Å². The molecule has 114 valence electrons. The lowest BCUT2D eigenvalue weighted by molar-refractivity contribution is -0.140. The van der Waals surface area contributed by atoms with Crippen molar-refractivity contribution in [2.45, 2.75) is 32.5 Å². The lowest BCUT2D eigenvalue weighted by Crippen LogP contribution is -2.57. The number of piperazine rings is 1. The first kappa shape index (κ1) is 15.5. The molecule has 0 radical (unpaired) electrons. The topological polar surface area (TPSA) is 84.7 Å². The third kappa shape index (κ3) is 3.40. The number of hydrogen-bond donors (Lipinski definition) is 2. The molecule has 21 heavy (non-hydrogen) atoms. The maximum absolute atomic E-state index is 11.9. The van der Waals surface area contributed by atoms with E-state index in [9.17, 15) is 9.59 Å². The molecule has 1 atom stereocenters. The molecule has 1 unspecified atom stereocenters. The zero-order valence-corrected chi connectivity index (χ0v) is 12.4. The van der Waals surface area contributed by atoms with Crippen molar-refractivity contribution in [3.05, 3.63) is 29.3 Å². The smallest absolute Gasteiger partial charge is 0.243 e. The van der Waals surface area contributed by atoms with Crippen molar-refractivity contribution in [1.82, 2.24) is 10.2 Å². The van der Waals surface area contributed by atoms with Crippen molar-refractivity contribution in [2.24, 2.45) is 5.73 Å². The summed E-state index contributed by atoms with van der Waals surface area (Å²) in [6.07, 6.45) is 0.651. The van der Waals surface area contributed by atoms with Gasteiger partial charge in [0, 0.05) is 18.7 Å². The van der Waals surface area contributed by atoms with Crippen LogP contribution in [0.25, 0.3) is 0 Å². The second-order valence-electron chi connectivity index (χ2n) is 5.09. The number of rotatable bonds is 5. The van der Waals surface area contributed by atoms with Crippen LogP contribution in [0.1, 0.15) is 24.5 Å². The summed E-state index contributed by atoms with van der Waals surface area (Å²) in [5.41, 5.74) is 7.59. The zero-order valence-electron chi connectivity index (χ0n) is 12.4. The molecule has 1 aromatic carbocycles. The van der Waals surface area contributed by atoms with E-state index in [1.165, 1.54) is 0 Å². The molecule has 1 heterocycles. The molecule has 0 saturated carbocycles. The lowest BCUT2D eigenvalue weighted by atomic mass is 10.1. The monoisotopic (exact) mass is 291 g/mol. The molecule has 1 aliphatic rings. The molecule has 2 amide bonds. The molecular formula is C15H21N3O3. The largest absolute Gasteiger partial charge is 0.496 e.